The van der Waals surface area contributed by atoms with Gasteiger partial charge in [-0.1, -0.05) is 12.1 Å². The first kappa shape index (κ1) is 13.5. The Labute approximate surface area is 105 Å². The third-order valence-electron chi connectivity index (χ3n) is 2.07. The highest BCUT2D eigenvalue weighted by Crippen LogP contribution is 2.13. The van der Waals surface area contributed by atoms with Gasteiger partial charge < -0.3 is 10.1 Å². The van der Waals surface area contributed by atoms with E-state index in [1.54, 1.807) is 30.3 Å². The van der Waals surface area contributed by atoms with E-state index in [9.17, 15) is 9.59 Å². The molecule has 1 aromatic rings. The van der Waals surface area contributed by atoms with E-state index in [1.807, 2.05) is 0 Å². The van der Waals surface area contributed by atoms with Crippen LogP contribution in [0.2, 0.25) is 0 Å². The van der Waals surface area contributed by atoms with Crippen LogP contribution in [0, 0.1) is 11.3 Å². The summed E-state index contributed by atoms with van der Waals surface area (Å²) in [7, 11) is 1.22. The summed E-state index contributed by atoms with van der Waals surface area (Å²) in [6.45, 7) is 1.42. The maximum Gasteiger partial charge on any atom is 0.348 e. The fourth-order valence-corrected chi connectivity index (χ4v) is 1.28. The lowest BCUT2D eigenvalue weighted by atomic mass is 10.1. The van der Waals surface area contributed by atoms with E-state index in [-0.39, 0.29) is 11.5 Å². The second-order valence-corrected chi connectivity index (χ2v) is 3.46. The van der Waals surface area contributed by atoms with Crippen LogP contribution in [0.3, 0.4) is 0 Å². The van der Waals surface area contributed by atoms with Gasteiger partial charge in [-0.15, -0.1) is 0 Å². The predicted molar refractivity (Wildman–Crippen MR) is 66.4 cm³/mol. The number of nitriles is 1. The standard InChI is InChI=1S/C13H12N2O3/c1-9(16)15-12-5-3-10(4-6-12)7-11(8-14)13(17)18-2/h3-7H,1-2H3,(H,15,16)/b11-7-. The molecule has 0 fully saturated rings. The number of benzene rings is 1. The maximum atomic E-state index is 11.2. The summed E-state index contributed by atoms with van der Waals surface area (Å²) < 4.78 is 4.47. The number of hydrogen-bond acceptors (Lipinski definition) is 4. The quantitative estimate of drug-likeness (QED) is 0.499. The zero-order valence-electron chi connectivity index (χ0n) is 10.1. The maximum absolute atomic E-state index is 11.2. The van der Waals surface area contributed by atoms with Gasteiger partial charge in [-0.05, 0) is 23.8 Å². The summed E-state index contributed by atoms with van der Waals surface area (Å²) in [5, 5.41) is 11.4. The van der Waals surface area contributed by atoms with Gasteiger partial charge in [0, 0.05) is 12.6 Å². The number of esters is 1. The molecule has 0 radical (unpaired) electrons. The fraction of sp³-hybridized carbons (Fsp3) is 0.154. The highest BCUT2D eigenvalue weighted by molar-refractivity contribution is 5.97. The van der Waals surface area contributed by atoms with Crippen LogP contribution in [-0.4, -0.2) is 19.0 Å². The Bertz CT molecular complexity index is 524. The van der Waals surface area contributed by atoms with Gasteiger partial charge in [0.2, 0.25) is 5.91 Å². The number of rotatable bonds is 3. The minimum atomic E-state index is -0.677. The van der Waals surface area contributed by atoms with Crippen LogP contribution in [-0.2, 0) is 14.3 Å². The smallest absolute Gasteiger partial charge is 0.348 e. The molecule has 0 bridgehead atoms. The van der Waals surface area contributed by atoms with Crippen molar-refractivity contribution in [3.63, 3.8) is 0 Å². The first-order valence-electron chi connectivity index (χ1n) is 5.14. The third-order valence-corrected chi connectivity index (χ3v) is 2.07. The third kappa shape index (κ3) is 3.76. The van der Waals surface area contributed by atoms with Crippen molar-refractivity contribution >= 4 is 23.6 Å². The number of hydrogen-bond donors (Lipinski definition) is 1. The number of carbonyl (C=O) groups excluding carboxylic acids is 2. The number of carbonyl (C=O) groups is 2. The Morgan fingerprint density at radius 2 is 1.94 bits per heavy atom. The molecule has 5 heteroatoms. The summed E-state index contributed by atoms with van der Waals surface area (Å²) in [5.41, 5.74) is 1.24. The molecule has 0 saturated carbocycles. The molecule has 0 unspecified atom stereocenters. The number of ether oxygens (including phenoxy) is 1. The SMILES string of the molecule is COC(=O)/C(C#N)=C\c1ccc(NC(C)=O)cc1. The molecule has 0 aromatic heterocycles. The second-order valence-electron chi connectivity index (χ2n) is 3.46. The van der Waals surface area contributed by atoms with Crippen LogP contribution in [0.15, 0.2) is 29.8 Å². The summed E-state index contributed by atoms with van der Waals surface area (Å²) in [6, 6.07) is 8.50. The van der Waals surface area contributed by atoms with Crippen molar-refractivity contribution in [2.24, 2.45) is 0 Å². The van der Waals surface area contributed by atoms with E-state index < -0.39 is 5.97 Å². The fourth-order valence-electron chi connectivity index (χ4n) is 1.28. The van der Waals surface area contributed by atoms with E-state index in [0.717, 1.165) is 0 Å². The lowest BCUT2D eigenvalue weighted by Gasteiger charge is -2.02. The van der Waals surface area contributed by atoms with Gasteiger partial charge in [0.1, 0.15) is 11.6 Å². The predicted octanol–water partition coefficient (Wildman–Crippen LogP) is 1.72. The van der Waals surface area contributed by atoms with E-state index in [0.29, 0.717) is 11.3 Å². The minimum Gasteiger partial charge on any atom is -0.465 e. The molecule has 5 nitrogen and oxygen atoms in total. The number of nitrogens with one attached hydrogen (secondary N) is 1. The number of amides is 1. The molecular weight excluding hydrogens is 232 g/mol. The molecule has 1 N–H and O–H groups in total. The lowest BCUT2D eigenvalue weighted by Crippen LogP contribution is -2.05. The molecule has 1 aromatic carbocycles. The molecular formula is C13H12N2O3. The molecule has 0 atom stereocenters. The summed E-state index contributed by atoms with van der Waals surface area (Å²) in [4.78, 5) is 22.0. The highest BCUT2D eigenvalue weighted by Gasteiger charge is 2.08. The Balaban J connectivity index is 2.92. The van der Waals surface area contributed by atoms with E-state index in [4.69, 9.17) is 5.26 Å². The summed E-state index contributed by atoms with van der Waals surface area (Å²) in [5.74, 6) is -0.839. The van der Waals surface area contributed by atoms with Gasteiger partial charge in [-0.25, -0.2) is 4.79 Å². The van der Waals surface area contributed by atoms with Crippen LogP contribution in [0.4, 0.5) is 5.69 Å². The van der Waals surface area contributed by atoms with Crippen LogP contribution in [0.25, 0.3) is 6.08 Å². The van der Waals surface area contributed by atoms with Crippen molar-refractivity contribution in [1.29, 1.82) is 5.26 Å². The van der Waals surface area contributed by atoms with E-state index in [1.165, 1.54) is 20.1 Å². The lowest BCUT2D eigenvalue weighted by molar-refractivity contribution is -0.135. The van der Waals surface area contributed by atoms with Crippen molar-refractivity contribution in [1.82, 2.24) is 0 Å². The van der Waals surface area contributed by atoms with Gasteiger partial charge in [0.15, 0.2) is 0 Å². The van der Waals surface area contributed by atoms with E-state index >= 15 is 0 Å². The molecule has 0 spiro atoms. The second kappa shape index (κ2) is 6.21. The van der Waals surface area contributed by atoms with Crippen LogP contribution in [0.1, 0.15) is 12.5 Å². The van der Waals surface area contributed by atoms with Crippen molar-refractivity contribution in [2.45, 2.75) is 6.92 Å². The largest absolute Gasteiger partial charge is 0.465 e. The average molecular weight is 244 g/mol. The van der Waals surface area contributed by atoms with Crippen LogP contribution >= 0.6 is 0 Å². The summed E-state index contributed by atoms with van der Waals surface area (Å²) in [6.07, 6.45) is 1.42. The zero-order valence-corrected chi connectivity index (χ0v) is 10.1. The molecule has 0 saturated heterocycles. The van der Waals surface area contributed by atoms with Crippen LogP contribution in [0.5, 0.6) is 0 Å². The number of methoxy groups -OCH3 is 1. The Kier molecular flexibility index (Phi) is 4.64. The van der Waals surface area contributed by atoms with Gasteiger partial charge in [-0.3, -0.25) is 4.79 Å². The molecule has 18 heavy (non-hydrogen) atoms. The number of nitrogens with zero attached hydrogens (tertiary/aromatic N) is 1. The highest BCUT2D eigenvalue weighted by atomic mass is 16.5. The Morgan fingerprint density at radius 1 is 1.33 bits per heavy atom. The monoisotopic (exact) mass is 244 g/mol. The van der Waals surface area contributed by atoms with Gasteiger partial charge in [0.25, 0.3) is 0 Å². The zero-order chi connectivity index (χ0) is 13.5. The first-order chi connectivity index (χ1) is 8.56. The molecule has 0 heterocycles. The molecule has 0 aliphatic carbocycles. The summed E-state index contributed by atoms with van der Waals surface area (Å²) >= 11 is 0. The van der Waals surface area contributed by atoms with Gasteiger partial charge in [-0.2, -0.15) is 5.26 Å². The molecule has 0 aliphatic heterocycles. The van der Waals surface area contributed by atoms with Crippen molar-refractivity contribution in [3.8, 4) is 6.07 Å². The van der Waals surface area contributed by atoms with Gasteiger partial charge in [0.05, 0.1) is 7.11 Å². The molecule has 1 amide bonds. The average Bonchev–Trinajstić information content (AvgIpc) is 2.36. The van der Waals surface area contributed by atoms with Crippen molar-refractivity contribution < 1.29 is 14.3 Å². The topological polar surface area (TPSA) is 79.2 Å². The number of anilines is 1. The Morgan fingerprint density at radius 3 is 2.39 bits per heavy atom. The minimum absolute atomic E-state index is 0.0789. The van der Waals surface area contributed by atoms with Crippen molar-refractivity contribution in [3.05, 3.63) is 35.4 Å². The molecule has 0 aliphatic rings. The molecule has 92 valence electrons. The first-order valence-corrected chi connectivity index (χ1v) is 5.14. The van der Waals surface area contributed by atoms with Gasteiger partial charge >= 0.3 is 5.97 Å². The Hall–Kier alpha value is -2.61. The normalized spacial score (nSPS) is 10.4. The van der Waals surface area contributed by atoms with Crippen LogP contribution < -0.4 is 5.32 Å². The molecule has 1 rings (SSSR count). The van der Waals surface area contributed by atoms with E-state index in [2.05, 4.69) is 10.1 Å². The van der Waals surface area contributed by atoms with Crippen molar-refractivity contribution in [2.75, 3.05) is 12.4 Å².